The highest BCUT2D eigenvalue weighted by molar-refractivity contribution is 5.79. The topological polar surface area (TPSA) is 57.6 Å². The molecule has 1 aliphatic rings. The van der Waals surface area contributed by atoms with Crippen molar-refractivity contribution in [3.63, 3.8) is 0 Å². The molecule has 0 aliphatic carbocycles. The number of benzene rings is 3. The molecule has 136 valence electrons. The number of nitrogens with one attached hydrogen (secondary N) is 2. The lowest BCUT2D eigenvalue weighted by Gasteiger charge is -2.29. The van der Waals surface area contributed by atoms with Gasteiger partial charge in [-0.1, -0.05) is 60.7 Å². The van der Waals surface area contributed by atoms with Crippen LogP contribution in [0.2, 0.25) is 0 Å². The largest absolute Gasteiger partial charge is 0.497 e. The first-order valence-corrected chi connectivity index (χ1v) is 8.72. The first-order valence-electron chi connectivity index (χ1n) is 8.72. The van der Waals surface area contributed by atoms with Gasteiger partial charge in [0.25, 0.3) is 0 Å². The van der Waals surface area contributed by atoms with Crippen LogP contribution >= 0.6 is 0 Å². The maximum Gasteiger partial charge on any atom is 0.219 e. The van der Waals surface area contributed by atoms with Crippen molar-refractivity contribution in [2.45, 2.75) is 5.72 Å². The molecule has 27 heavy (non-hydrogen) atoms. The van der Waals surface area contributed by atoms with Gasteiger partial charge in [-0.2, -0.15) is 0 Å². The Hall–Kier alpha value is -3.31. The molecule has 0 bridgehead atoms. The molecule has 0 spiro atoms. The summed E-state index contributed by atoms with van der Waals surface area (Å²) in [4.78, 5) is 6.14. The smallest absolute Gasteiger partial charge is 0.219 e. The van der Waals surface area contributed by atoms with Gasteiger partial charge in [-0.25, -0.2) is 9.90 Å². The van der Waals surface area contributed by atoms with Crippen molar-refractivity contribution in [3.05, 3.63) is 90.0 Å². The van der Waals surface area contributed by atoms with Gasteiger partial charge >= 0.3 is 0 Å². The Balaban J connectivity index is 1.84. The predicted molar refractivity (Wildman–Crippen MR) is 105 cm³/mol. The number of hydrogen-bond acceptors (Lipinski definition) is 3. The van der Waals surface area contributed by atoms with Crippen molar-refractivity contribution >= 4 is 5.96 Å². The fourth-order valence-electron chi connectivity index (χ4n) is 3.33. The summed E-state index contributed by atoms with van der Waals surface area (Å²) in [6.45, 7) is 0. The number of rotatable bonds is 4. The van der Waals surface area contributed by atoms with Gasteiger partial charge in [-0.3, -0.25) is 5.41 Å². The van der Waals surface area contributed by atoms with Crippen LogP contribution in [0.1, 0.15) is 11.1 Å². The van der Waals surface area contributed by atoms with Crippen molar-refractivity contribution < 1.29 is 9.57 Å². The lowest BCUT2D eigenvalue weighted by Crippen LogP contribution is -2.40. The average Bonchev–Trinajstić information content (AvgIpc) is 3.04. The SMILES string of the molecule is COc1cccc(-c2cccc(C3(c4ccccc4)NC(=N)N(C)O3)c2)c1. The summed E-state index contributed by atoms with van der Waals surface area (Å²) < 4.78 is 5.35. The molecule has 1 fully saturated rings. The first-order chi connectivity index (χ1) is 13.1. The lowest BCUT2D eigenvalue weighted by atomic mass is 9.92. The van der Waals surface area contributed by atoms with Gasteiger partial charge in [0.1, 0.15) is 5.75 Å². The van der Waals surface area contributed by atoms with Crippen molar-refractivity contribution in [2.75, 3.05) is 14.2 Å². The number of methoxy groups -OCH3 is 1. The predicted octanol–water partition coefficient (Wildman–Crippen LogP) is 3.96. The van der Waals surface area contributed by atoms with E-state index >= 15 is 0 Å². The van der Waals surface area contributed by atoms with Crippen LogP contribution < -0.4 is 10.1 Å². The quantitative estimate of drug-likeness (QED) is 0.740. The fraction of sp³-hybridized carbons (Fsp3) is 0.136. The minimum absolute atomic E-state index is 0.214. The molecule has 1 aliphatic heterocycles. The molecule has 4 rings (SSSR count). The maximum atomic E-state index is 8.15. The van der Waals surface area contributed by atoms with Crippen LogP contribution in [0, 0.1) is 5.41 Å². The Morgan fingerprint density at radius 2 is 1.56 bits per heavy atom. The van der Waals surface area contributed by atoms with Crippen LogP contribution in [0.5, 0.6) is 5.75 Å². The van der Waals surface area contributed by atoms with Crippen LogP contribution in [0.15, 0.2) is 78.9 Å². The maximum absolute atomic E-state index is 8.15. The molecule has 1 atom stereocenters. The molecular formula is C22H21N3O2. The molecule has 3 aromatic rings. The molecule has 5 nitrogen and oxygen atoms in total. The summed E-state index contributed by atoms with van der Waals surface area (Å²) in [5, 5.41) is 12.8. The van der Waals surface area contributed by atoms with Crippen molar-refractivity contribution in [1.82, 2.24) is 10.4 Å². The van der Waals surface area contributed by atoms with Crippen LogP contribution in [-0.2, 0) is 10.6 Å². The molecule has 1 saturated heterocycles. The number of ether oxygens (including phenoxy) is 1. The zero-order valence-corrected chi connectivity index (χ0v) is 15.3. The van der Waals surface area contributed by atoms with Gasteiger partial charge < -0.3 is 10.1 Å². The molecule has 0 amide bonds. The molecule has 0 saturated carbocycles. The summed E-state index contributed by atoms with van der Waals surface area (Å²) in [6, 6.07) is 26.0. The summed E-state index contributed by atoms with van der Waals surface area (Å²) in [6.07, 6.45) is 0. The van der Waals surface area contributed by atoms with E-state index in [2.05, 4.69) is 17.4 Å². The number of nitrogens with zero attached hydrogens (tertiary/aromatic N) is 1. The second-order valence-electron chi connectivity index (χ2n) is 6.42. The molecule has 2 N–H and O–H groups in total. The minimum Gasteiger partial charge on any atom is -0.497 e. The summed E-state index contributed by atoms with van der Waals surface area (Å²) in [5.41, 5.74) is 3.01. The van der Waals surface area contributed by atoms with Gasteiger partial charge in [0.2, 0.25) is 11.7 Å². The van der Waals surface area contributed by atoms with Crippen LogP contribution in [-0.4, -0.2) is 25.2 Å². The van der Waals surface area contributed by atoms with Crippen LogP contribution in [0.25, 0.3) is 11.1 Å². The van der Waals surface area contributed by atoms with E-state index in [9.17, 15) is 0 Å². The highest BCUT2D eigenvalue weighted by Gasteiger charge is 2.44. The highest BCUT2D eigenvalue weighted by Crippen LogP contribution is 2.37. The Labute approximate surface area is 158 Å². The highest BCUT2D eigenvalue weighted by atomic mass is 16.7. The van der Waals surface area contributed by atoms with E-state index in [1.165, 1.54) is 5.06 Å². The third-order valence-electron chi connectivity index (χ3n) is 4.74. The van der Waals surface area contributed by atoms with E-state index in [-0.39, 0.29) is 5.96 Å². The summed E-state index contributed by atoms with van der Waals surface area (Å²) >= 11 is 0. The first kappa shape index (κ1) is 17.1. The number of hydrogen-bond donors (Lipinski definition) is 2. The standard InChI is InChI=1S/C22H21N3O2/c1-25-21(23)24-22(27-25,18-10-4-3-5-11-18)19-12-6-8-16(14-19)17-9-7-13-20(15-17)26-2/h3-15H,1-2H3,(H2,23,24). The van der Waals surface area contributed by atoms with Crippen molar-refractivity contribution in [3.8, 4) is 16.9 Å². The van der Waals surface area contributed by atoms with Crippen LogP contribution in [0.4, 0.5) is 0 Å². The average molecular weight is 359 g/mol. The van der Waals surface area contributed by atoms with E-state index in [1.807, 2.05) is 66.7 Å². The monoisotopic (exact) mass is 359 g/mol. The molecule has 1 heterocycles. The van der Waals surface area contributed by atoms with Gasteiger partial charge in [-0.05, 0) is 29.3 Å². The molecular weight excluding hydrogens is 338 g/mol. The summed E-state index contributed by atoms with van der Waals surface area (Å²) in [5.74, 6) is 1.03. The fourth-order valence-corrected chi connectivity index (χ4v) is 3.33. The molecule has 0 aromatic heterocycles. The lowest BCUT2D eigenvalue weighted by molar-refractivity contribution is -0.150. The Bertz CT molecular complexity index is 974. The zero-order valence-electron chi connectivity index (χ0n) is 15.3. The minimum atomic E-state index is -0.942. The Morgan fingerprint density at radius 3 is 2.22 bits per heavy atom. The Morgan fingerprint density at radius 1 is 0.889 bits per heavy atom. The van der Waals surface area contributed by atoms with Gasteiger partial charge in [-0.15, -0.1) is 0 Å². The molecule has 3 aromatic carbocycles. The van der Waals surface area contributed by atoms with Gasteiger partial charge in [0.15, 0.2) is 0 Å². The third kappa shape index (κ3) is 3.02. The zero-order chi connectivity index (χ0) is 18.9. The second-order valence-corrected chi connectivity index (χ2v) is 6.42. The number of guanidine groups is 1. The third-order valence-corrected chi connectivity index (χ3v) is 4.74. The van der Waals surface area contributed by atoms with Gasteiger partial charge in [0, 0.05) is 18.2 Å². The molecule has 5 heteroatoms. The van der Waals surface area contributed by atoms with E-state index in [4.69, 9.17) is 15.0 Å². The van der Waals surface area contributed by atoms with E-state index in [1.54, 1.807) is 14.2 Å². The summed E-state index contributed by atoms with van der Waals surface area (Å²) in [7, 11) is 3.39. The van der Waals surface area contributed by atoms with E-state index in [0.29, 0.717) is 0 Å². The second kappa shape index (κ2) is 6.78. The van der Waals surface area contributed by atoms with Crippen molar-refractivity contribution in [1.29, 1.82) is 5.41 Å². The van der Waals surface area contributed by atoms with Crippen molar-refractivity contribution in [2.24, 2.45) is 0 Å². The van der Waals surface area contributed by atoms with E-state index < -0.39 is 5.72 Å². The van der Waals surface area contributed by atoms with Crippen LogP contribution in [0.3, 0.4) is 0 Å². The molecule has 0 radical (unpaired) electrons. The van der Waals surface area contributed by atoms with E-state index in [0.717, 1.165) is 28.0 Å². The normalized spacial score (nSPS) is 19.0. The number of hydroxylamine groups is 2. The van der Waals surface area contributed by atoms with Gasteiger partial charge in [0.05, 0.1) is 7.11 Å². The Kier molecular flexibility index (Phi) is 4.30. The molecule has 1 unspecified atom stereocenters.